The first-order valence-electron chi connectivity index (χ1n) is 4.89. The van der Waals surface area contributed by atoms with E-state index in [0.29, 0.717) is 23.7 Å². The zero-order valence-corrected chi connectivity index (χ0v) is 8.86. The van der Waals surface area contributed by atoms with Crippen LogP contribution in [-0.2, 0) is 11.2 Å². The lowest BCUT2D eigenvalue weighted by atomic mass is 10.1. The van der Waals surface area contributed by atoms with E-state index in [1.165, 1.54) is 7.11 Å². The number of hydrogen-bond donors (Lipinski definition) is 1. The largest absolute Gasteiger partial charge is 0.492 e. The second kappa shape index (κ2) is 4.30. The van der Waals surface area contributed by atoms with Crippen LogP contribution in [-0.4, -0.2) is 25.0 Å². The SMILES string of the molecule is COc1c(CCC(=O)O)ccc2c1OCO2. The number of carbonyl (C=O) groups is 1. The Labute approximate surface area is 92.5 Å². The molecule has 0 atom stereocenters. The van der Waals surface area contributed by atoms with Crippen molar-refractivity contribution in [2.45, 2.75) is 12.8 Å². The van der Waals surface area contributed by atoms with Crippen LogP contribution in [0.25, 0.3) is 0 Å². The monoisotopic (exact) mass is 224 g/mol. The van der Waals surface area contributed by atoms with Gasteiger partial charge in [0.25, 0.3) is 0 Å². The Hall–Kier alpha value is -1.91. The summed E-state index contributed by atoms with van der Waals surface area (Å²) in [6, 6.07) is 3.57. The van der Waals surface area contributed by atoms with Crippen molar-refractivity contribution in [3.05, 3.63) is 17.7 Å². The third-order valence-electron chi connectivity index (χ3n) is 2.39. The zero-order chi connectivity index (χ0) is 11.5. The fraction of sp³-hybridized carbons (Fsp3) is 0.364. The summed E-state index contributed by atoms with van der Waals surface area (Å²) in [5, 5.41) is 8.64. The minimum absolute atomic E-state index is 0.0655. The normalized spacial score (nSPS) is 12.6. The zero-order valence-electron chi connectivity index (χ0n) is 8.86. The summed E-state index contributed by atoms with van der Waals surface area (Å²) in [5.41, 5.74) is 0.814. The topological polar surface area (TPSA) is 65.0 Å². The van der Waals surface area contributed by atoms with E-state index in [-0.39, 0.29) is 13.2 Å². The molecule has 0 unspecified atom stereocenters. The average Bonchev–Trinajstić information content (AvgIpc) is 2.73. The number of fused-ring (bicyclic) bond motifs is 1. The van der Waals surface area contributed by atoms with Crippen molar-refractivity contribution in [3.63, 3.8) is 0 Å². The van der Waals surface area contributed by atoms with E-state index in [1.807, 2.05) is 0 Å². The molecule has 5 nitrogen and oxygen atoms in total. The number of aryl methyl sites for hydroxylation is 1. The first-order valence-corrected chi connectivity index (χ1v) is 4.89. The second-order valence-electron chi connectivity index (χ2n) is 3.39. The number of carboxylic acids is 1. The van der Waals surface area contributed by atoms with Crippen LogP contribution < -0.4 is 14.2 Å². The van der Waals surface area contributed by atoms with Crippen LogP contribution in [0.2, 0.25) is 0 Å². The summed E-state index contributed by atoms with van der Waals surface area (Å²) < 4.78 is 15.7. The molecule has 0 saturated carbocycles. The Morgan fingerprint density at radius 2 is 2.31 bits per heavy atom. The number of hydrogen-bond acceptors (Lipinski definition) is 4. The first kappa shape index (κ1) is 10.6. The first-order chi connectivity index (χ1) is 7.72. The quantitative estimate of drug-likeness (QED) is 0.838. The molecule has 0 aromatic heterocycles. The van der Waals surface area contributed by atoms with Crippen LogP contribution in [0.5, 0.6) is 17.2 Å². The molecule has 1 heterocycles. The molecule has 16 heavy (non-hydrogen) atoms. The van der Waals surface area contributed by atoms with Gasteiger partial charge in [-0.05, 0) is 18.1 Å². The molecule has 0 radical (unpaired) electrons. The van der Waals surface area contributed by atoms with Gasteiger partial charge in [-0.25, -0.2) is 0 Å². The summed E-state index contributed by atoms with van der Waals surface area (Å²) in [6.45, 7) is 0.175. The number of ether oxygens (including phenoxy) is 3. The average molecular weight is 224 g/mol. The summed E-state index contributed by atoms with van der Waals surface area (Å²) in [6.07, 6.45) is 0.477. The molecule has 1 N–H and O–H groups in total. The standard InChI is InChI=1S/C11H12O5/c1-14-10-7(3-5-9(12)13)2-4-8-11(10)16-6-15-8/h2,4H,3,5-6H2,1H3,(H,12,13). The minimum Gasteiger partial charge on any atom is -0.492 e. The van der Waals surface area contributed by atoms with Gasteiger partial charge in [-0.3, -0.25) is 4.79 Å². The van der Waals surface area contributed by atoms with E-state index in [0.717, 1.165) is 5.56 Å². The molecule has 0 bridgehead atoms. The van der Waals surface area contributed by atoms with Gasteiger partial charge in [0.05, 0.1) is 7.11 Å². The van der Waals surface area contributed by atoms with Crippen LogP contribution in [0.3, 0.4) is 0 Å². The Morgan fingerprint density at radius 1 is 1.50 bits per heavy atom. The van der Waals surface area contributed by atoms with Gasteiger partial charge < -0.3 is 19.3 Å². The summed E-state index contributed by atoms with van der Waals surface area (Å²) in [5.74, 6) is 0.928. The molecule has 0 aliphatic carbocycles. The molecule has 1 aliphatic heterocycles. The molecule has 5 heteroatoms. The smallest absolute Gasteiger partial charge is 0.303 e. The maximum Gasteiger partial charge on any atom is 0.303 e. The van der Waals surface area contributed by atoms with E-state index in [1.54, 1.807) is 12.1 Å². The lowest BCUT2D eigenvalue weighted by Crippen LogP contribution is -2.00. The molecule has 0 fully saturated rings. The lowest BCUT2D eigenvalue weighted by molar-refractivity contribution is -0.136. The van der Waals surface area contributed by atoms with Gasteiger partial charge in [0.2, 0.25) is 12.5 Å². The number of aliphatic carboxylic acids is 1. The van der Waals surface area contributed by atoms with Crippen molar-refractivity contribution in [2.75, 3.05) is 13.9 Å². The maximum atomic E-state index is 10.5. The van der Waals surface area contributed by atoms with E-state index < -0.39 is 5.97 Å². The predicted octanol–water partition coefficient (Wildman–Crippen LogP) is 1.44. The highest BCUT2D eigenvalue weighted by Gasteiger charge is 2.21. The molecule has 1 aromatic carbocycles. The van der Waals surface area contributed by atoms with E-state index in [9.17, 15) is 4.79 Å². The van der Waals surface area contributed by atoms with E-state index in [4.69, 9.17) is 19.3 Å². The van der Waals surface area contributed by atoms with Gasteiger partial charge in [-0.15, -0.1) is 0 Å². The van der Waals surface area contributed by atoms with Crippen LogP contribution >= 0.6 is 0 Å². The van der Waals surface area contributed by atoms with Gasteiger partial charge in [-0.2, -0.15) is 0 Å². The van der Waals surface area contributed by atoms with Crippen molar-refractivity contribution in [3.8, 4) is 17.2 Å². The molecule has 0 amide bonds. The van der Waals surface area contributed by atoms with Gasteiger partial charge in [0.1, 0.15) is 0 Å². The number of carboxylic acid groups (broad SMARTS) is 1. The highest BCUT2D eigenvalue weighted by atomic mass is 16.7. The third kappa shape index (κ3) is 1.88. The fourth-order valence-electron chi connectivity index (χ4n) is 1.65. The van der Waals surface area contributed by atoms with Crippen LogP contribution in [0, 0.1) is 0 Å². The molecule has 1 aliphatic rings. The van der Waals surface area contributed by atoms with Crippen molar-refractivity contribution >= 4 is 5.97 Å². The van der Waals surface area contributed by atoms with Gasteiger partial charge in [0, 0.05) is 6.42 Å². The van der Waals surface area contributed by atoms with Crippen molar-refractivity contribution in [1.82, 2.24) is 0 Å². The summed E-state index contributed by atoms with van der Waals surface area (Å²) >= 11 is 0. The van der Waals surface area contributed by atoms with Crippen LogP contribution in [0.1, 0.15) is 12.0 Å². The molecule has 1 aromatic rings. The fourth-order valence-corrected chi connectivity index (χ4v) is 1.65. The molecule has 2 rings (SSSR count). The lowest BCUT2D eigenvalue weighted by Gasteiger charge is -2.09. The Kier molecular flexibility index (Phi) is 2.85. The maximum absolute atomic E-state index is 10.5. The molecular formula is C11H12O5. The number of rotatable bonds is 4. The van der Waals surface area contributed by atoms with Gasteiger partial charge in [0.15, 0.2) is 11.5 Å². The van der Waals surface area contributed by atoms with Crippen LogP contribution in [0.15, 0.2) is 12.1 Å². The Balaban J connectivity index is 2.28. The van der Waals surface area contributed by atoms with Gasteiger partial charge >= 0.3 is 5.97 Å². The summed E-state index contributed by atoms with van der Waals surface area (Å²) in [4.78, 5) is 10.5. The second-order valence-corrected chi connectivity index (χ2v) is 3.39. The molecular weight excluding hydrogens is 212 g/mol. The minimum atomic E-state index is -0.834. The third-order valence-corrected chi connectivity index (χ3v) is 2.39. The van der Waals surface area contributed by atoms with Crippen molar-refractivity contribution in [1.29, 1.82) is 0 Å². The van der Waals surface area contributed by atoms with Crippen molar-refractivity contribution in [2.24, 2.45) is 0 Å². The highest BCUT2D eigenvalue weighted by molar-refractivity contribution is 5.67. The predicted molar refractivity (Wildman–Crippen MR) is 55.1 cm³/mol. The molecule has 86 valence electrons. The molecule has 0 spiro atoms. The number of methoxy groups -OCH3 is 1. The summed E-state index contributed by atoms with van der Waals surface area (Å²) in [7, 11) is 1.53. The molecule has 0 saturated heterocycles. The van der Waals surface area contributed by atoms with Crippen molar-refractivity contribution < 1.29 is 24.1 Å². The number of benzene rings is 1. The Morgan fingerprint density at radius 3 is 3.00 bits per heavy atom. The van der Waals surface area contributed by atoms with E-state index >= 15 is 0 Å². The Bertz CT molecular complexity index is 413. The van der Waals surface area contributed by atoms with Crippen LogP contribution in [0.4, 0.5) is 0 Å². The van der Waals surface area contributed by atoms with E-state index in [2.05, 4.69) is 0 Å². The highest BCUT2D eigenvalue weighted by Crippen LogP contribution is 2.43. The van der Waals surface area contributed by atoms with Gasteiger partial charge in [-0.1, -0.05) is 6.07 Å².